The second-order valence-electron chi connectivity index (χ2n) is 5.81. The summed E-state index contributed by atoms with van der Waals surface area (Å²) in [5, 5.41) is 3.78. The molecule has 21 heavy (non-hydrogen) atoms. The number of hydrogen-bond acceptors (Lipinski definition) is 4. The maximum Gasteiger partial charge on any atom is 0.243 e. The fourth-order valence-electron chi connectivity index (χ4n) is 2.59. The molecule has 0 aromatic heterocycles. The molecule has 3 rings (SSSR count). The van der Waals surface area contributed by atoms with Crippen molar-refractivity contribution in [3.63, 3.8) is 0 Å². The SMILES string of the molecule is CC1CN(S(=O)(=O)c2ccccc2CNC2CC2)CCS1. The topological polar surface area (TPSA) is 49.4 Å². The van der Waals surface area contributed by atoms with Crippen LogP contribution in [0.15, 0.2) is 29.2 Å². The molecule has 0 radical (unpaired) electrons. The zero-order valence-corrected chi connectivity index (χ0v) is 13.9. The molecule has 6 heteroatoms. The summed E-state index contributed by atoms with van der Waals surface area (Å²) >= 11 is 1.84. The first-order valence-corrected chi connectivity index (χ1v) is 9.99. The molecule has 2 fully saturated rings. The van der Waals surface area contributed by atoms with Gasteiger partial charge in [-0.15, -0.1) is 0 Å². The van der Waals surface area contributed by atoms with Gasteiger partial charge in [-0.25, -0.2) is 8.42 Å². The Morgan fingerprint density at radius 1 is 1.33 bits per heavy atom. The van der Waals surface area contributed by atoms with Gasteiger partial charge in [0.2, 0.25) is 10.0 Å². The minimum Gasteiger partial charge on any atom is -0.310 e. The van der Waals surface area contributed by atoms with Gasteiger partial charge in [0.25, 0.3) is 0 Å². The lowest BCUT2D eigenvalue weighted by atomic mass is 10.2. The number of sulfonamides is 1. The number of rotatable bonds is 5. The smallest absolute Gasteiger partial charge is 0.243 e. The first kappa shape index (κ1) is 15.3. The Kier molecular flexibility index (Phi) is 4.59. The number of nitrogens with zero attached hydrogens (tertiary/aromatic N) is 1. The third-order valence-corrected chi connectivity index (χ3v) is 7.05. The Balaban J connectivity index is 1.83. The van der Waals surface area contributed by atoms with E-state index in [4.69, 9.17) is 0 Å². The molecule has 1 atom stereocenters. The second kappa shape index (κ2) is 6.28. The molecule has 1 unspecified atom stereocenters. The normalized spacial score (nSPS) is 24.1. The summed E-state index contributed by atoms with van der Waals surface area (Å²) in [6.45, 7) is 3.95. The van der Waals surface area contributed by atoms with Crippen LogP contribution in [-0.2, 0) is 16.6 Å². The fraction of sp³-hybridized carbons (Fsp3) is 0.600. The van der Waals surface area contributed by atoms with Crippen LogP contribution in [0.1, 0.15) is 25.3 Å². The van der Waals surface area contributed by atoms with E-state index in [9.17, 15) is 8.42 Å². The molecule has 0 amide bonds. The van der Waals surface area contributed by atoms with Gasteiger partial charge in [-0.1, -0.05) is 25.1 Å². The third-order valence-electron chi connectivity index (χ3n) is 3.95. The molecule has 1 N–H and O–H groups in total. The zero-order chi connectivity index (χ0) is 14.9. The van der Waals surface area contributed by atoms with Crippen LogP contribution in [0.5, 0.6) is 0 Å². The molecule has 1 saturated heterocycles. The van der Waals surface area contributed by atoms with Crippen molar-refractivity contribution in [3.05, 3.63) is 29.8 Å². The predicted octanol–water partition coefficient (Wildman–Crippen LogP) is 2.06. The van der Waals surface area contributed by atoms with Gasteiger partial charge >= 0.3 is 0 Å². The average molecular weight is 326 g/mol. The molecule has 1 heterocycles. The molecular formula is C15H22N2O2S2. The summed E-state index contributed by atoms with van der Waals surface area (Å²) in [6.07, 6.45) is 2.41. The summed E-state index contributed by atoms with van der Waals surface area (Å²) in [5.74, 6) is 0.878. The van der Waals surface area contributed by atoms with E-state index in [-0.39, 0.29) is 0 Å². The van der Waals surface area contributed by atoms with Crippen LogP contribution in [0.25, 0.3) is 0 Å². The van der Waals surface area contributed by atoms with E-state index in [1.165, 1.54) is 12.8 Å². The molecule has 0 bridgehead atoms. The highest BCUT2D eigenvalue weighted by atomic mass is 32.2. The molecule has 1 aliphatic heterocycles. The van der Waals surface area contributed by atoms with Crippen LogP contribution >= 0.6 is 11.8 Å². The maximum atomic E-state index is 12.9. The lowest BCUT2D eigenvalue weighted by molar-refractivity contribution is 0.423. The third kappa shape index (κ3) is 3.62. The van der Waals surface area contributed by atoms with Crippen molar-refractivity contribution in [2.75, 3.05) is 18.8 Å². The molecule has 2 aliphatic rings. The molecule has 1 aromatic carbocycles. The standard InChI is InChI=1S/C15H22N2O2S2/c1-12-11-17(8-9-20-12)21(18,19)15-5-3-2-4-13(15)10-16-14-6-7-14/h2-5,12,14,16H,6-11H2,1H3. The molecule has 0 spiro atoms. The Hall–Kier alpha value is -0.560. The Bertz CT molecular complexity index is 599. The summed E-state index contributed by atoms with van der Waals surface area (Å²) < 4.78 is 27.4. The van der Waals surface area contributed by atoms with Gasteiger partial charge in [0.1, 0.15) is 0 Å². The quantitative estimate of drug-likeness (QED) is 0.900. The summed E-state index contributed by atoms with van der Waals surface area (Å²) in [5.41, 5.74) is 0.885. The Labute approximate surface area is 131 Å². The number of nitrogens with one attached hydrogen (secondary N) is 1. The predicted molar refractivity (Wildman–Crippen MR) is 87.0 cm³/mol. The minimum atomic E-state index is -3.37. The summed E-state index contributed by atoms with van der Waals surface area (Å²) in [6, 6.07) is 7.97. The minimum absolute atomic E-state index is 0.366. The zero-order valence-electron chi connectivity index (χ0n) is 12.3. The van der Waals surface area contributed by atoms with Gasteiger partial charge in [0.05, 0.1) is 4.90 Å². The van der Waals surface area contributed by atoms with Crippen LogP contribution in [-0.4, -0.2) is 42.9 Å². The van der Waals surface area contributed by atoms with Gasteiger partial charge in [-0.2, -0.15) is 16.1 Å². The van der Waals surface area contributed by atoms with E-state index in [0.29, 0.717) is 35.8 Å². The molecular weight excluding hydrogens is 304 g/mol. The highest BCUT2D eigenvalue weighted by Gasteiger charge is 2.30. The lowest BCUT2D eigenvalue weighted by Gasteiger charge is -2.30. The van der Waals surface area contributed by atoms with Crippen LogP contribution in [0, 0.1) is 0 Å². The van der Waals surface area contributed by atoms with E-state index in [1.807, 2.05) is 30.0 Å². The first-order chi connectivity index (χ1) is 10.1. The summed E-state index contributed by atoms with van der Waals surface area (Å²) in [7, 11) is -3.37. The summed E-state index contributed by atoms with van der Waals surface area (Å²) in [4.78, 5) is 0.470. The number of hydrogen-bond donors (Lipinski definition) is 1. The Morgan fingerprint density at radius 3 is 2.81 bits per heavy atom. The first-order valence-electron chi connectivity index (χ1n) is 7.50. The van der Waals surface area contributed by atoms with E-state index in [1.54, 1.807) is 10.4 Å². The van der Waals surface area contributed by atoms with Crippen LogP contribution < -0.4 is 5.32 Å². The average Bonchev–Trinajstić information content (AvgIpc) is 3.29. The van der Waals surface area contributed by atoms with Gasteiger partial charge in [-0.05, 0) is 24.5 Å². The van der Waals surface area contributed by atoms with Gasteiger partial charge in [0, 0.05) is 36.7 Å². The van der Waals surface area contributed by atoms with E-state index in [0.717, 1.165) is 11.3 Å². The van der Waals surface area contributed by atoms with Crippen LogP contribution in [0.4, 0.5) is 0 Å². The number of thioether (sulfide) groups is 1. The molecule has 1 aliphatic carbocycles. The van der Waals surface area contributed by atoms with E-state index in [2.05, 4.69) is 12.2 Å². The van der Waals surface area contributed by atoms with Gasteiger partial charge in [0.15, 0.2) is 0 Å². The maximum absolute atomic E-state index is 12.9. The molecule has 1 saturated carbocycles. The highest BCUT2D eigenvalue weighted by Crippen LogP contribution is 2.27. The van der Waals surface area contributed by atoms with Crippen LogP contribution in [0.2, 0.25) is 0 Å². The van der Waals surface area contributed by atoms with E-state index >= 15 is 0 Å². The van der Waals surface area contributed by atoms with Crippen molar-refractivity contribution in [2.45, 2.75) is 42.5 Å². The fourth-order valence-corrected chi connectivity index (χ4v) is 5.56. The van der Waals surface area contributed by atoms with Crippen LogP contribution in [0.3, 0.4) is 0 Å². The largest absolute Gasteiger partial charge is 0.310 e. The van der Waals surface area contributed by atoms with Crippen molar-refractivity contribution < 1.29 is 8.42 Å². The molecule has 4 nitrogen and oxygen atoms in total. The monoisotopic (exact) mass is 326 g/mol. The lowest BCUT2D eigenvalue weighted by Crippen LogP contribution is -2.41. The van der Waals surface area contributed by atoms with Crippen molar-refractivity contribution in [1.82, 2.24) is 9.62 Å². The van der Waals surface area contributed by atoms with Crippen molar-refractivity contribution in [1.29, 1.82) is 0 Å². The van der Waals surface area contributed by atoms with Crippen molar-refractivity contribution in [2.24, 2.45) is 0 Å². The van der Waals surface area contributed by atoms with Crippen molar-refractivity contribution >= 4 is 21.8 Å². The van der Waals surface area contributed by atoms with Gasteiger partial charge in [-0.3, -0.25) is 0 Å². The Morgan fingerprint density at radius 2 is 2.10 bits per heavy atom. The highest BCUT2D eigenvalue weighted by molar-refractivity contribution is 8.00. The van der Waals surface area contributed by atoms with E-state index < -0.39 is 10.0 Å². The second-order valence-corrected chi connectivity index (χ2v) is 9.26. The molecule has 116 valence electrons. The van der Waals surface area contributed by atoms with Crippen molar-refractivity contribution in [3.8, 4) is 0 Å². The number of benzene rings is 1. The molecule has 1 aromatic rings. The van der Waals surface area contributed by atoms with Gasteiger partial charge < -0.3 is 5.32 Å².